The van der Waals surface area contributed by atoms with E-state index in [1.165, 1.54) is 12.1 Å². The van der Waals surface area contributed by atoms with Crippen LogP contribution in [0.5, 0.6) is 0 Å². The fraction of sp³-hybridized carbons (Fsp3) is 0.148. The van der Waals surface area contributed by atoms with Gasteiger partial charge in [0.2, 0.25) is 0 Å². The topological polar surface area (TPSA) is 75.7 Å². The number of esters is 1. The van der Waals surface area contributed by atoms with E-state index >= 15 is 0 Å². The van der Waals surface area contributed by atoms with Crippen molar-refractivity contribution in [3.05, 3.63) is 98.5 Å². The molecule has 0 atom stereocenters. The van der Waals surface area contributed by atoms with Crippen molar-refractivity contribution < 1.29 is 19.1 Å². The standard InChI is InChI=1S/C27H22Cl2N2O4S/c1-3-14-35-27(34)17-5-10-20(11-6-17)31-25(32)23(30-22-15-19(29)7-4-16(22)2)24(26(31)33)36-21-12-8-18(28)9-13-21/h4-13,15,30H,3,14H2,1-2H3. The number of carbonyl (C=O) groups is 3. The maximum atomic E-state index is 13.6. The average Bonchev–Trinajstić information content (AvgIpc) is 3.10. The van der Waals surface area contributed by atoms with Crippen LogP contribution < -0.4 is 10.2 Å². The maximum absolute atomic E-state index is 13.6. The molecule has 0 aromatic heterocycles. The molecule has 0 radical (unpaired) electrons. The predicted molar refractivity (Wildman–Crippen MR) is 144 cm³/mol. The van der Waals surface area contributed by atoms with Crippen molar-refractivity contribution in [1.82, 2.24) is 0 Å². The summed E-state index contributed by atoms with van der Waals surface area (Å²) in [6.45, 7) is 4.10. The third-order valence-electron chi connectivity index (χ3n) is 5.33. The number of amides is 2. The highest BCUT2D eigenvalue weighted by Crippen LogP contribution is 2.38. The summed E-state index contributed by atoms with van der Waals surface area (Å²) in [5, 5.41) is 4.19. The van der Waals surface area contributed by atoms with Crippen LogP contribution in [-0.4, -0.2) is 24.4 Å². The van der Waals surface area contributed by atoms with Gasteiger partial charge in [-0.25, -0.2) is 9.69 Å². The van der Waals surface area contributed by atoms with Crippen molar-refractivity contribution in [1.29, 1.82) is 0 Å². The molecule has 9 heteroatoms. The molecule has 0 aliphatic carbocycles. The first-order valence-corrected chi connectivity index (χ1v) is 12.7. The molecule has 0 unspecified atom stereocenters. The number of hydrogen-bond donors (Lipinski definition) is 1. The highest BCUT2D eigenvalue weighted by atomic mass is 35.5. The van der Waals surface area contributed by atoms with E-state index < -0.39 is 17.8 Å². The van der Waals surface area contributed by atoms with Gasteiger partial charge in [0.15, 0.2) is 0 Å². The Morgan fingerprint density at radius 3 is 2.28 bits per heavy atom. The minimum Gasteiger partial charge on any atom is -0.462 e. The molecule has 36 heavy (non-hydrogen) atoms. The SMILES string of the molecule is CCCOC(=O)c1ccc(N2C(=O)C(Nc3cc(Cl)ccc3C)=C(Sc3ccc(Cl)cc3)C2=O)cc1. The van der Waals surface area contributed by atoms with Crippen molar-refractivity contribution >= 4 is 64.1 Å². The van der Waals surface area contributed by atoms with E-state index in [-0.39, 0.29) is 10.6 Å². The molecule has 184 valence electrons. The number of nitrogens with one attached hydrogen (secondary N) is 1. The van der Waals surface area contributed by atoms with Gasteiger partial charge in [0.1, 0.15) is 10.6 Å². The number of aryl methyl sites for hydroxylation is 1. The molecule has 4 rings (SSSR count). The number of nitrogens with zero attached hydrogens (tertiary/aromatic N) is 1. The van der Waals surface area contributed by atoms with Crippen LogP contribution in [0.15, 0.2) is 82.2 Å². The Balaban J connectivity index is 1.68. The number of carbonyl (C=O) groups excluding carboxylic acids is 3. The molecule has 2 amide bonds. The van der Waals surface area contributed by atoms with Crippen molar-refractivity contribution in [2.24, 2.45) is 0 Å². The van der Waals surface area contributed by atoms with Crippen molar-refractivity contribution in [2.45, 2.75) is 25.2 Å². The lowest BCUT2D eigenvalue weighted by Crippen LogP contribution is -2.32. The van der Waals surface area contributed by atoms with Crippen LogP contribution >= 0.6 is 35.0 Å². The van der Waals surface area contributed by atoms with Gasteiger partial charge in [-0.2, -0.15) is 0 Å². The first-order chi connectivity index (χ1) is 17.3. The van der Waals surface area contributed by atoms with Crippen molar-refractivity contribution in [3.63, 3.8) is 0 Å². The Labute approximate surface area is 223 Å². The van der Waals surface area contributed by atoms with Crippen LogP contribution in [0.4, 0.5) is 11.4 Å². The second kappa shape index (κ2) is 11.2. The van der Waals surface area contributed by atoms with E-state index in [9.17, 15) is 14.4 Å². The molecule has 3 aromatic carbocycles. The number of anilines is 2. The smallest absolute Gasteiger partial charge is 0.338 e. The number of benzene rings is 3. The van der Waals surface area contributed by atoms with Gasteiger partial charge in [-0.15, -0.1) is 0 Å². The lowest BCUT2D eigenvalue weighted by molar-refractivity contribution is -0.120. The Hall–Kier alpha value is -3.26. The van der Waals surface area contributed by atoms with E-state index in [1.54, 1.807) is 48.5 Å². The summed E-state index contributed by atoms with van der Waals surface area (Å²) in [4.78, 5) is 41.3. The second-order valence-electron chi connectivity index (χ2n) is 7.97. The van der Waals surface area contributed by atoms with Crippen LogP contribution in [0.1, 0.15) is 29.3 Å². The van der Waals surface area contributed by atoms with E-state index in [0.29, 0.717) is 40.0 Å². The third-order valence-corrected chi connectivity index (χ3v) is 6.91. The highest BCUT2D eigenvalue weighted by molar-refractivity contribution is 8.04. The number of thioether (sulfide) groups is 1. The maximum Gasteiger partial charge on any atom is 0.338 e. The Kier molecular flexibility index (Phi) is 8.04. The van der Waals surface area contributed by atoms with Crippen LogP contribution in [0.25, 0.3) is 0 Å². The number of hydrogen-bond acceptors (Lipinski definition) is 6. The summed E-state index contributed by atoms with van der Waals surface area (Å²) < 4.78 is 5.15. The lowest BCUT2D eigenvalue weighted by Gasteiger charge is -2.16. The molecule has 1 N–H and O–H groups in total. The molecule has 3 aromatic rings. The van der Waals surface area contributed by atoms with Gasteiger partial charge in [-0.1, -0.05) is 48.0 Å². The van der Waals surface area contributed by atoms with E-state index in [1.807, 2.05) is 19.9 Å². The van der Waals surface area contributed by atoms with E-state index in [4.69, 9.17) is 27.9 Å². The number of ether oxygens (including phenoxy) is 1. The summed E-state index contributed by atoms with van der Waals surface area (Å²) in [6.07, 6.45) is 0.711. The van der Waals surface area contributed by atoms with Gasteiger partial charge < -0.3 is 10.1 Å². The molecule has 0 saturated heterocycles. The van der Waals surface area contributed by atoms with Gasteiger partial charge >= 0.3 is 5.97 Å². The minimum absolute atomic E-state index is 0.136. The van der Waals surface area contributed by atoms with E-state index in [0.717, 1.165) is 27.1 Å². The van der Waals surface area contributed by atoms with Gasteiger partial charge in [0.25, 0.3) is 11.8 Å². The first kappa shape index (κ1) is 25.8. The molecule has 1 aliphatic rings. The molecule has 0 spiro atoms. The monoisotopic (exact) mass is 540 g/mol. The zero-order valence-electron chi connectivity index (χ0n) is 19.5. The van der Waals surface area contributed by atoms with Gasteiger partial charge in [0, 0.05) is 20.6 Å². The van der Waals surface area contributed by atoms with E-state index in [2.05, 4.69) is 5.32 Å². The largest absolute Gasteiger partial charge is 0.462 e. The molecular weight excluding hydrogens is 519 g/mol. The van der Waals surface area contributed by atoms with Gasteiger partial charge in [-0.3, -0.25) is 9.59 Å². The summed E-state index contributed by atoms with van der Waals surface area (Å²) in [5.74, 6) is -1.46. The lowest BCUT2D eigenvalue weighted by atomic mass is 10.2. The molecule has 0 bridgehead atoms. The Bertz CT molecular complexity index is 1360. The van der Waals surface area contributed by atoms with Crippen LogP contribution in [-0.2, 0) is 14.3 Å². The fourth-order valence-electron chi connectivity index (χ4n) is 3.46. The molecule has 0 saturated carbocycles. The van der Waals surface area contributed by atoms with Crippen LogP contribution in [0.3, 0.4) is 0 Å². The zero-order valence-corrected chi connectivity index (χ0v) is 21.8. The average molecular weight is 541 g/mol. The number of rotatable bonds is 8. The third kappa shape index (κ3) is 5.59. The quantitative estimate of drug-likeness (QED) is 0.248. The summed E-state index contributed by atoms with van der Waals surface area (Å²) in [7, 11) is 0. The Morgan fingerprint density at radius 1 is 0.944 bits per heavy atom. The van der Waals surface area contributed by atoms with Gasteiger partial charge in [0.05, 0.1) is 17.9 Å². The fourth-order valence-corrected chi connectivity index (χ4v) is 4.68. The number of halogens is 2. The molecule has 1 heterocycles. The molecule has 1 aliphatic heterocycles. The van der Waals surface area contributed by atoms with Gasteiger partial charge in [-0.05, 0) is 79.6 Å². The molecular formula is C27H22Cl2N2O4S. The van der Waals surface area contributed by atoms with Crippen LogP contribution in [0.2, 0.25) is 10.0 Å². The highest BCUT2D eigenvalue weighted by Gasteiger charge is 2.40. The molecule has 6 nitrogen and oxygen atoms in total. The summed E-state index contributed by atoms with van der Waals surface area (Å²) in [5.41, 5.74) is 2.28. The summed E-state index contributed by atoms with van der Waals surface area (Å²) >= 11 is 13.3. The van der Waals surface area contributed by atoms with Crippen molar-refractivity contribution in [2.75, 3.05) is 16.8 Å². The number of imide groups is 1. The van der Waals surface area contributed by atoms with Crippen molar-refractivity contribution in [3.8, 4) is 0 Å². The predicted octanol–water partition coefficient (Wildman–Crippen LogP) is 6.86. The zero-order chi connectivity index (χ0) is 25.8. The van der Waals surface area contributed by atoms with Crippen LogP contribution in [0, 0.1) is 6.92 Å². The normalized spacial score (nSPS) is 13.4. The Morgan fingerprint density at radius 2 is 1.61 bits per heavy atom. The minimum atomic E-state index is -0.517. The second-order valence-corrected chi connectivity index (χ2v) is 9.93. The summed E-state index contributed by atoms with van der Waals surface area (Å²) in [6, 6.07) is 18.4. The molecule has 0 fully saturated rings. The first-order valence-electron chi connectivity index (χ1n) is 11.2.